The number of fused-ring (bicyclic) bond motifs is 1. The monoisotopic (exact) mass is 431 g/mol. The van der Waals surface area contributed by atoms with Crippen molar-refractivity contribution in [2.24, 2.45) is 0 Å². The summed E-state index contributed by atoms with van der Waals surface area (Å²) in [4.78, 5) is 9.97. The normalized spacial score (nSPS) is 16.1. The van der Waals surface area contributed by atoms with Crippen molar-refractivity contribution in [2.45, 2.75) is 53.5 Å². The first kappa shape index (κ1) is 22.7. The van der Waals surface area contributed by atoms with Gasteiger partial charge in [0.15, 0.2) is 5.65 Å². The lowest BCUT2D eigenvalue weighted by molar-refractivity contribution is 0.117. The van der Waals surface area contributed by atoms with Crippen molar-refractivity contribution in [3.8, 4) is 0 Å². The van der Waals surface area contributed by atoms with Crippen molar-refractivity contribution in [3.05, 3.63) is 70.2 Å². The summed E-state index contributed by atoms with van der Waals surface area (Å²) in [7, 11) is 0. The lowest BCUT2D eigenvalue weighted by atomic mass is 10.1. The van der Waals surface area contributed by atoms with E-state index < -0.39 is 0 Å². The van der Waals surface area contributed by atoms with E-state index in [0.717, 1.165) is 49.5 Å². The second kappa shape index (κ2) is 9.97. The van der Waals surface area contributed by atoms with Crippen molar-refractivity contribution in [1.82, 2.24) is 24.4 Å². The fraction of sp³-hybridized carbons (Fsp3) is 0.481. The third-order valence-electron chi connectivity index (χ3n) is 6.56. The molecule has 0 amide bonds. The van der Waals surface area contributed by atoms with Gasteiger partial charge in [-0.1, -0.05) is 43.3 Å². The van der Waals surface area contributed by atoms with Gasteiger partial charge in [0, 0.05) is 45.2 Å². The highest BCUT2D eigenvalue weighted by molar-refractivity contribution is 5.52. The van der Waals surface area contributed by atoms with Crippen LogP contribution in [-0.2, 0) is 12.8 Å². The Hall–Kier alpha value is -2.50. The number of nitrogens with zero attached hydrogens (tertiary/aromatic N) is 5. The quantitative estimate of drug-likeness (QED) is 0.550. The van der Waals surface area contributed by atoms with Crippen molar-refractivity contribution < 1.29 is 0 Å². The molecule has 32 heavy (non-hydrogen) atoms. The lowest BCUT2D eigenvalue weighted by Gasteiger charge is -2.36. The molecule has 5 nitrogen and oxygen atoms in total. The summed E-state index contributed by atoms with van der Waals surface area (Å²) < 4.78 is 2.05. The Morgan fingerprint density at radius 1 is 1.03 bits per heavy atom. The molecule has 0 saturated carbocycles. The molecule has 1 aliphatic heterocycles. The fourth-order valence-corrected chi connectivity index (χ4v) is 4.62. The van der Waals surface area contributed by atoms with E-state index in [9.17, 15) is 0 Å². The molecule has 1 fully saturated rings. The standard InChI is InChI=1S/C27H37N5/c1-6-25-26(32-27(28-25)21(4)18-22(5)29-32)19-24-11-9-23(10-12-24)8-7-13-30-14-16-31(17-15-30)20(2)3/h7-12,18,20H,6,13-17,19H2,1-5H3/b8-7+. The second-order valence-corrected chi connectivity index (χ2v) is 9.31. The third-order valence-corrected chi connectivity index (χ3v) is 6.56. The van der Waals surface area contributed by atoms with E-state index in [0.29, 0.717) is 6.04 Å². The second-order valence-electron chi connectivity index (χ2n) is 9.31. The first-order valence-corrected chi connectivity index (χ1v) is 12.0. The van der Waals surface area contributed by atoms with Crippen LogP contribution < -0.4 is 0 Å². The molecule has 1 aromatic carbocycles. The van der Waals surface area contributed by atoms with E-state index in [2.05, 4.69) is 84.5 Å². The molecule has 5 heteroatoms. The van der Waals surface area contributed by atoms with E-state index >= 15 is 0 Å². The van der Waals surface area contributed by atoms with Gasteiger partial charge in [0.2, 0.25) is 0 Å². The highest BCUT2D eigenvalue weighted by atomic mass is 15.3. The van der Waals surface area contributed by atoms with Crippen LogP contribution >= 0.6 is 0 Å². The van der Waals surface area contributed by atoms with Gasteiger partial charge in [-0.05, 0) is 56.9 Å². The average molecular weight is 432 g/mol. The van der Waals surface area contributed by atoms with Gasteiger partial charge < -0.3 is 0 Å². The highest BCUT2D eigenvalue weighted by Crippen LogP contribution is 2.20. The molecule has 170 valence electrons. The maximum atomic E-state index is 4.87. The Morgan fingerprint density at radius 3 is 2.41 bits per heavy atom. The summed E-state index contributed by atoms with van der Waals surface area (Å²) in [5, 5.41) is 4.75. The Morgan fingerprint density at radius 2 is 1.75 bits per heavy atom. The maximum absolute atomic E-state index is 4.87. The van der Waals surface area contributed by atoms with Crippen LogP contribution in [0.3, 0.4) is 0 Å². The molecular formula is C27H37N5. The van der Waals surface area contributed by atoms with Gasteiger partial charge in [-0.2, -0.15) is 5.10 Å². The summed E-state index contributed by atoms with van der Waals surface area (Å²) in [6, 6.07) is 11.7. The summed E-state index contributed by atoms with van der Waals surface area (Å²) >= 11 is 0. The fourth-order valence-electron chi connectivity index (χ4n) is 4.62. The number of hydrogen-bond acceptors (Lipinski definition) is 4. The minimum absolute atomic E-state index is 0.656. The van der Waals surface area contributed by atoms with Crippen LogP contribution in [0.25, 0.3) is 11.7 Å². The Bertz CT molecular complexity index is 1070. The van der Waals surface area contributed by atoms with E-state index in [4.69, 9.17) is 10.1 Å². The Labute approximate surface area is 192 Å². The molecule has 4 rings (SSSR count). The zero-order valence-corrected chi connectivity index (χ0v) is 20.3. The van der Waals surface area contributed by atoms with Crippen molar-refractivity contribution >= 4 is 11.7 Å². The van der Waals surface area contributed by atoms with Crippen molar-refractivity contribution in [1.29, 1.82) is 0 Å². The number of aromatic nitrogens is 3. The van der Waals surface area contributed by atoms with Crippen LogP contribution in [0.15, 0.2) is 36.4 Å². The van der Waals surface area contributed by atoms with E-state index in [1.807, 2.05) is 6.92 Å². The van der Waals surface area contributed by atoms with Crippen molar-refractivity contribution in [2.75, 3.05) is 32.7 Å². The number of piperazine rings is 1. The molecule has 0 N–H and O–H groups in total. The molecule has 1 aliphatic rings. The molecule has 0 bridgehead atoms. The van der Waals surface area contributed by atoms with Crippen LogP contribution in [0.1, 0.15) is 54.5 Å². The van der Waals surface area contributed by atoms with Gasteiger partial charge in [-0.25, -0.2) is 9.50 Å². The van der Waals surface area contributed by atoms with Crippen LogP contribution in [0.2, 0.25) is 0 Å². The minimum atomic E-state index is 0.656. The van der Waals surface area contributed by atoms with E-state index in [1.54, 1.807) is 0 Å². The van der Waals surface area contributed by atoms with Crippen LogP contribution in [-0.4, -0.2) is 63.2 Å². The number of imidazole rings is 1. The summed E-state index contributed by atoms with van der Waals surface area (Å²) in [5.74, 6) is 0. The average Bonchev–Trinajstić information content (AvgIpc) is 3.13. The summed E-state index contributed by atoms with van der Waals surface area (Å²) in [6.07, 6.45) is 6.32. The van der Waals surface area contributed by atoms with E-state index in [1.165, 1.54) is 35.5 Å². The molecule has 0 spiro atoms. The van der Waals surface area contributed by atoms with Gasteiger partial charge >= 0.3 is 0 Å². The molecule has 2 aromatic heterocycles. The van der Waals surface area contributed by atoms with Crippen LogP contribution in [0.4, 0.5) is 0 Å². The molecule has 0 aliphatic carbocycles. The molecule has 0 unspecified atom stereocenters. The van der Waals surface area contributed by atoms with Crippen LogP contribution in [0.5, 0.6) is 0 Å². The topological polar surface area (TPSA) is 36.7 Å². The van der Waals surface area contributed by atoms with Gasteiger partial charge in [0.1, 0.15) is 0 Å². The molecule has 3 aromatic rings. The predicted octanol–water partition coefficient (Wildman–Crippen LogP) is 4.54. The van der Waals surface area contributed by atoms with Crippen LogP contribution in [0, 0.1) is 13.8 Å². The maximum Gasteiger partial charge on any atom is 0.157 e. The predicted molar refractivity (Wildman–Crippen MR) is 133 cm³/mol. The molecule has 3 heterocycles. The molecule has 0 atom stereocenters. The number of hydrogen-bond donors (Lipinski definition) is 0. The Balaban J connectivity index is 1.40. The largest absolute Gasteiger partial charge is 0.298 e. The Kier molecular flexibility index (Phi) is 7.07. The molecule has 1 saturated heterocycles. The SMILES string of the molecule is CCc1nc2c(C)cc(C)nn2c1Cc1ccc(/C=C/CN2CCN(C(C)C)CC2)cc1. The van der Waals surface area contributed by atoms with Gasteiger partial charge in [0.05, 0.1) is 17.1 Å². The lowest BCUT2D eigenvalue weighted by Crippen LogP contribution is -2.48. The zero-order chi connectivity index (χ0) is 22.7. The minimum Gasteiger partial charge on any atom is -0.298 e. The molecule has 0 radical (unpaired) electrons. The highest BCUT2D eigenvalue weighted by Gasteiger charge is 2.17. The molecular weight excluding hydrogens is 394 g/mol. The summed E-state index contributed by atoms with van der Waals surface area (Å²) in [6.45, 7) is 16.6. The smallest absolute Gasteiger partial charge is 0.157 e. The van der Waals surface area contributed by atoms with E-state index in [-0.39, 0.29) is 0 Å². The van der Waals surface area contributed by atoms with Gasteiger partial charge in [-0.15, -0.1) is 0 Å². The number of benzene rings is 1. The van der Waals surface area contributed by atoms with Gasteiger partial charge in [0.25, 0.3) is 0 Å². The zero-order valence-electron chi connectivity index (χ0n) is 20.3. The summed E-state index contributed by atoms with van der Waals surface area (Å²) in [5.41, 5.74) is 8.10. The third kappa shape index (κ3) is 5.11. The van der Waals surface area contributed by atoms with Crippen molar-refractivity contribution in [3.63, 3.8) is 0 Å². The number of rotatable bonds is 7. The van der Waals surface area contributed by atoms with Gasteiger partial charge in [-0.3, -0.25) is 9.80 Å². The number of aryl methyl sites for hydroxylation is 3. The first-order chi connectivity index (χ1) is 15.4. The first-order valence-electron chi connectivity index (χ1n) is 12.0.